The lowest BCUT2D eigenvalue weighted by Crippen LogP contribution is -2.15. The molecule has 27 heavy (non-hydrogen) atoms. The van der Waals surface area contributed by atoms with Gasteiger partial charge in [-0.3, -0.25) is 24.3 Å². The molecule has 0 atom stereocenters. The summed E-state index contributed by atoms with van der Waals surface area (Å²) in [6, 6.07) is 4.33. The number of anilines is 1. The Labute approximate surface area is 165 Å². The predicted molar refractivity (Wildman–Crippen MR) is 98.3 cm³/mol. The number of aromatic nitrogens is 4. The second kappa shape index (κ2) is 7.45. The van der Waals surface area contributed by atoms with E-state index in [9.17, 15) is 19.3 Å². The number of amides is 1. The van der Waals surface area contributed by atoms with Crippen molar-refractivity contribution >= 4 is 44.9 Å². The molecule has 0 saturated carbocycles. The van der Waals surface area contributed by atoms with Gasteiger partial charge in [-0.1, -0.05) is 17.7 Å². The average molecular weight is 458 g/mol. The maximum atomic E-state index is 13.9. The molecule has 0 saturated heterocycles. The van der Waals surface area contributed by atoms with E-state index >= 15 is 0 Å². The van der Waals surface area contributed by atoms with Crippen molar-refractivity contribution in [1.29, 1.82) is 0 Å². The van der Waals surface area contributed by atoms with Crippen LogP contribution in [0.2, 0.25) is 5.02 Å². The van der Waals surface area contributed by atoms with Gasteiger partial charge in [-0.25, -0.2) is 4.39 Å². The third-order valence-corrected chi connectivity index (χ3v) is 4.49. The number of nitro groups is 1. The maximum absolute atomic E-state index is 13.9. The summed E-state index contributed by atoms with van der Waals surface area (Å²) >= 11 is 9.24. The number of halogens is 3. The van der Waals surface area contributed by atoms with Gasteiger partial charge in [0.05, 0.1) is 15.9 Å². The quantitative estimate of drug-likeness (QED) is 0.467. The average Bonchev–Trinajstić information content (AvgIpc) is 3.14. The van der Waals surface area contributed by atoms with Gasteiger partial charge in [0.2, 0.25) is 5.69 Å². The van der Waals surface area contributed by atoms with Gasteiger partial charge in [0.25, 0.3) is 5.91 Å². The maximum Gasteiger partial charge on any atom is 0.320 e. The molecule has 2 heterocycles. The summed E-state index contributed by atoms with van der Waals surface area (Å²) in [7, 11) is 1.46. The van der Waals surface area contributed by atoms with Gasteiger partial charge in [-0.15, -0.1) is 0 Å². The number of nitrogens with zero attached hydrogens (tertiary/aromatic N) is 5. The van der Waals surface area contributed by atoms with Crippen molar-refractivity contribution in [3.8, 4) is 0 Å². The number of nitrogens with one attached hydrogen (secondary N) is 1. The lowest BCUT2D eigenvalue weighted by atomic mass is 10.2. The van der Waals surface area contributed by atoms with E-state index in [0.29, 0.717) is 4.47 Å². The van der Waals surface area contributed by atoms with Crippen molar-refractivity contribution in [2.45, 2.75) is 6.54 Å². The van der Waals surface area contributed by atoms with Crippen LogP contribution in [0.3, 0.4) is 0 Å². The molecule has 2 aromatic heterocycles. The fourth-order valence-electron chi connectivity index (χ4n) is 2.35. The molecular weight excluding hydrogens is 447 g/mol. The fraction of sp³-hybridized carbons (Fsp3) is 0.133. The highest BCUT2D eigenvalue weighted by Gasteiger charge is 2.26. The van der Waals surface area contributed by atoms with E-state index in [2.05, 4.69) is 31.4 Å². The van der Waals surface area contributed by atoms with Crippen LogP contribution < -0.4 is 5.32 Å². The van der Waals surface area contributed by atoms with Crippen LogP contribution in [0.5, 0.6) is 0 Å². The zero-order chi connectivity index (χ0) is 19.7. The largest absolute Gasteiger partial charge is 0.320 e. The minimum Gasteiger partial charge on any atom is -0.302 e. The Hall–Kier alpha value is -2.79. The number of rotatable bonds is 5. The Balaban J connectivity index is 1.83. The molecule has 1 amide bonds. The lowest BCUT2D eigenvalue weighted by molar-refractivity contribution is -0.385. The number of hydrogen-bond donors (Lipinski definition) is 1. The summed E-state index contributed by atoms with van der Waals surface area (Å²) in [5.41, 5.74) is -0.530. The summed E-state index contributed by atoms with van der Waals surface area (Å²) < 4.78 is 16.9. The van der Waals surface area contributed by atoms with E-state index in [4.69, 9.17) is 11.6 Å². The normalized spacial score (nSPS) is 10.8. The number of benzene rings is 1. The summed E-state index contributed by atoms with van der Waals surface area (Å²) in [4.78, 5) is 22.7. The molecule has 3 aromatic rings. The topological polar surface area (TPSA) is 108 Å². The molecule has 0 spiro atoms. The number of carbonyl (C=O) groups excluding carboxylic acids is 1. The van der Waals surface area contributed by atoms with Crippen LogP contribution in [0.25, 0.3) is 0 Å². The van der Waals surface area contributed by atoms with Crippen molar-refractivity contribution in [1.82, 2.24) is 19.6 Å². The molecule has 0 unspecified atom stereocenters. The molecule has 0 aliphatic rings. The third kappa shape index (κ3) is 3.98. The number of hydrogen-bond acceptors (Lipinski definition) is 5. The van der Waals surface area contributed by atoms with E-state index in [-0.39, 0.29) is 28.6 Å². The van der Waals surface area contributed by atoms with Gasteiger partial charge in [0.15, 0.2) is 5.82 Å². The monoisotopic (exact) mass is 456 g/mol. The van der Waals surface area contributed by atoms with Gasteiger partial charge < -0.3 is 5.32 Å². The molecule has 12 heteroatoms. The zero-order valence-electron chi connectivity index (χ0n) is 13.7. The lowest BCUT2D eigenvalue weighted by Gasteiger charge is -2.05. The van der Waals surface area contributed by atoms with E-state index < -0.39 is 22.3 Å². The van der Waals surface area contributed by atoms with Crippen molar-refractivity contribution < 1.29 is 14.1 Å². The standard InChI is InChI=1S/C15H11BrClFN6O3/c1-22-7-12(24(26)27)13(20-22)15(25)19-14-9(16)6-23(21-14)5-8-10(17)3-2-4-11(8)18/h2-4,6-7H,5H2,1H3,(H,19,21,25). The van der Waals surface area contributed by atoms with E-state index in [0.717, 1.165) is 6.20 Å². The molecule has 0 aliphatic heterocycles. The minimum absolute atomic E-state index is 0.0315. The van der Waals surface area contributed by atoms with Crippen molar-refractivity contribution in [3.63, 3.8) is 0 Å². The summed E-state index contributed by atoms with van der Waals surface area (Å²) in [5.74, 6) is -1.17. The SMILES string of the molecule is Cn1cc([N+](=O)[O-])c(C(=O)Nc2nn(Cc3c(F)cccc3Cl)cc2Br)n1. The second-order valence-electron chi connectivity index (χ2n) is 5.47. The van der Waals surface area contributed by atoms with Crippen LogP contribution in [0.1, 0.15) is 16.1 Å². The highest BCUT2D eigenvalue weighted by Crippen LogP contribution is 2.25. The van der Waals surface area contributed by atoms with Gasteiger partial charge in [0, 0.05) is 23.8 Å². The van der Waals surface area contributed by atoms with E-state index in [1.165, 1.54) is 34.7 Å². The number of carbonyl (C=O) groups is 1. The zero-order valence-corrected chi connectivity index (χ0v) is 16.0. The Morgan fingerprint density at radius 2 is 2.15 bits per heavy atom. The summed E-state index contributed by atoms with van der Waals surface area (Å²) in [5, 5.41) is 21.7. The second-order valence-corrected chi connectivity index (χ2v) is 6.73. The Bertz CT molecular complexity index is 1030. The highest BCUT2D eigenvalue weighted by atomic mass is 79.9. The van der Waals surface area contributed by atoms with Crippen LogP contribution in [0, 0.1) is 15.9 Å². The summed E-state index contributed by atoms with van der Waals surface area (Å²) in [6.07, 6.45) is 2.65. The first kappa shape index (κ1) is 19.0. The van der Waals surface area contributed by atoms with Gasteiger partial charge in [-0.05, 0) is 28.1 Å². The van der Waals surface area contributed by atoms with E-state index in [1.54, 1.807) is 6.07 Å². The van der Waals surface area contributed by atoms with Gasteiger partial charge >= 0.3 is 5.69 Å². The fourth-order valence-corrected chi connectivity index (χ4v) is 2.98. The highest BCUT2D eigenvalue weighted by molar-refractivity contribution is 9.10. The number of aryl methyl sites for hydroxylation is 1. The molecule has 0 radical (unpaired) electrons. The third-order valence-electron chi connectivity index (χ3n) is 3.55. The Kier molecular flexibility index (Phi) is 5.24. The molecule has 1 N–H and O–H groups in total. The van der Waals surface area contributed by atoms with Gasteiger partial charge in [0.1, 0.15) is 12.0 Å². The first-order chi connectivity index (χ1) is 12.8. The van der Waals surface area contributed by atoms with E-state index in [1.807, 2.05) is 0 Å². The molecule has 0 fully saturated rings. The van der Waals surface area contributed by atoms with Crippen molar-refractivity contribution in [3.05, 3.63) is 67.3 Å². The molecule has 0 aliphatic carbocycles. The molecule has 140 valence electrons. The van der Waals surface area contributed by atoms with Crippen LogP contribution in [0.15, 0.2) is 35.1 Å². The van der Waals surface area contributed by atoms with Crippen LogP contribution in [-0.2, 0) is 13.6 Å². The summed E-state index contributed by atoms with van der Waals surface area (Å²) in [6.45, 7) is 0.0315. The predicted octanol–water partition coefficient (Wildman–Crippen LogP) is 3.38. The smallest absolute Gasteiger partial charge is 0.302 e. The molecule has 1 aromatic carbocycles. The Morgan fingerprint density at radius 3 is 2.81 bits per heavy atom. The minimum atomic E-state index is -0.794. The Morgan fingerprint density at radius 1 is 1.41 bits per heavy atom. The molecule has 9 nitrogen and oxygen atoms in total. The van der Waals surface area contributed by atoms with Crippen LogP contribution >= 0.6 is 27.5 Å². The first-order valence-electron chi connectivity index (χ1n) is 7.41. The van der Waals surface area contributed by atoms with Crippen LogP contribution in [0.4, 0.5) is 15.9 Å². The van der Waals surface area contributed by atoms with Gasteiger partial charge in [-0.2, -0.15) is 10.2 Å². The van der Waals surface area contributed by atoms with Crippen LogP contribution in [-0.4, -0.2) is 30.4 Å². The first-order valence-corrected chi connectivity index (χ1v) is 8.58. The van der Waals surface area contributed by atoms with Crippen molar-refractivity contribution in [2.75, 3.05) is 5.32 Å². The molecular formula is C15H11BrClFN6O3. The molecule has 3 rings (SSSR count). The van der Waals surface area contributed by atoms with Crippen molar-refractivity contribution in [2.24, 2.45) is 7.05 Å². The molecule has 0 bridgehead atoms.